The molecule has 3 nitrogen and oxygen atoms in total. The van der Waals surface area contributed by atoms with Crippen LogP contribution in [0.15, 0.2) is 18.6 Å². The number of aryl methyl sites for hydroxylation is 2. The zero-order valence-corrected chi connectivity index (χ0v) is 7.07. The molecule has 0 fully saturated rings. The van der Waals surface area contributed by atoms with E-state index in [2.05, 4.69) is 15.0 Å². The van der Waals surface area contributed by atoms with Crippen molar-refractivity contribution in [2.24, 2.45) is 0 Å². The van der Waals surface area contributed by atoms with Crippen molar-refractivity contribution in [3.05, 3.63) is 29.8 Å². The van der Waals surface area contributed by atoms with Crippen molar-refractivity contribution in [3.8, 4) is 0 Å². The maximum Gasteiger partial charge on any atom is 0.116 e. The van der Waals surface area contributed by atoms with Crippen molar-refractivity contribution >= 4 is 11.0 Å². The maximum absolute atomic E-state index is 4.26. The van der Waals surface area contributed by atoms with Crippen LogP contribution in [0.3, 0.4) is 0 Å². The van der Waals surface area contributed by atoms with Crippen molar-refractivity contribution in [1.82, 2.24) is 15.0 Å². The van der Waals surface area contributed by atoms with Crippen molar-refractivity contribution in [2.75, 3.05) is 0 Å². The van der Waals surface area contributed by atoms with Crippen molar-refractivity contribution in [2.45, 2.75) is 13.8 Å². The SMILES string of the molecule is Cc1cnc2c(C)ncnc2c1. The Bertz CT molecular complexity index is 423. The lowest BCUT2D eigenvalue weighted by molar-refractivity contribution is 1.12. The molecule has 60 valence electrons. The molecule has 0 N–H and O–H groups in total. The van der Waals surface area contributed by atoms with Gasteiger partial charge in [0.15, 0.2) is 0 Å². The first-order valence-corrected chi connectivity index (χ1v) is 3.81. The number of hydrogen-bond acceptors (Lipinski definition) is 3. The molecule has 0 radical (unpaired) electrons. The summed E-state index contributed by atoms with van der Waals surface area (Å²) >= 11 is 0. The summed E-state index contributed by atoms with van der Waals surface area (Å²) in [6, 6.07) is 2.01. The number of aromatic nitrogens is 3. The van der Waals surface area contributed by atoms with E-state index >= 15 is 0 Å². The fourth-order valence-corrected chi connectivity index (χ4v) is 1.17. The highest BCUT2D eigenvalue weighted by Gasteiger charge is 1.99. The minimum absolute atomic E-state index is 0.892. The molecule has 12 heavy (non-hydrogen) atoms. The van der Waals surface area contributed by atoms with Gasteiger partial charge in [-0.15, -0.1) is 0 Å². The lowest BCUT2D eigenvalue weighted by Crippen LogP contribution is -1.90. The number of pyridine rings is 1. The second-order valence-electron chi connectivity index (χ2n) is 2.84. The lowest BCUT2D eigenvalue weighted by atomic mass is 10.2. The molecule has 0 aliphatic heterocycles. The maximum atomic E-state index is 4.26. The molecule has 0 bridgehead atoms. The van der Waals surface area contributed by atoms with Crippen LogP contribution in [0.2, 0.25) is 0 Å². The minimum Gasteiger partial charge on any atom is -0.252 e. The summed E-state index contributed by atoms with van der Waals surface area (Å²) < 4.78 is 0. The summed E-state index contributed by atoms with van der Waals surface area (Å²) in [6.45, 7) is 3.94. The van der Waals surface area contributed by atoms with E-state index in [0.717, 1.165) is 22.3 Å². The molecule has 0 aliphatic rings. The standard InChI is InChI=1S/C9H9N3/c1-6-3-8-9(10-4-6)7(2)11-5-12-8/h3-5H,1-2H3. The van der Waals surface area contributed by atoms with Gasteiger partial charge in [0.1, 0.15) is 11.8 Å². The Morgan fingerprint density at radius 3 is 2.75 bits per heavy atom. The molecule has 2 aromatic rings. The normalized spacial score (nSPS) is 10.5. The van der Waals surface area contributed by atoms with Gasteiger partial charge in [0.25, 0.3) is 0 Å². The number of nitrogens with zero attached hydrogens (tertiary/aromatic N) is 3. The summed E-state index contributed by atoms with van der Waals surface area (Å²) in [6.07, 6.45) is 3.40. The molecule has 2 rings (SSSR count). The summed E-state index contributed by atoms with van der Waals surface area (Å²) in [5.74, 6) is 0. The van der Waals surface area contributed by atoms with Gasteiger partial charge >= 0.3 is 0 Å². The Labute approximate surface area is 70.5 Å². The van der Waals surface area contributed by atoms with Crippen LogP contribution in [0.4, 0.5) is 0 Å². The molecule has 0 saturated heterocycles. The van der Waals surface area contributed by atoms with Crippen LogP contribution >= 0.6 is 0 Å². The van der Waals surface area contributed by atoms with Gasteiger partial charge in [-0.1, -0.05) is 0 Å². The van der Waals surface area contributed by atoms with Crippen LogP contribution in [-0.4, -0.2) is 15.0 Å². The Kier molecular flexibility index (Phi) is 1.50. The second kappa shape index (κ2) is 2.52. The fraction of sp³-hybridized carbons (Fsp3) is 0.222. The summed E-state index contributed by atoms with van der Waals surface area (Å²) in [7, 11) is 0. The predicted octanol–water partition coefficient (Wildman–Crippen LogP) is 1.64. The van der Waals surface area contributed by atoms with Crippen LogP contribution in [-0.2, 0) is 0 Å². The molecule has 2 heterocycles. The first-order chi connectivity index (χ1) is 5.77. The minimum atomic E-state index is 0.892. The number of fused-ring (bicyclic) bond motifs is 1. The van der Waals surface area contributed by atoms with E-state index in [9.17, 15) is 0 Å². The smallest absolute Gasteiger partial charge is 0.116 e. The van der Waals surface area contributed by atoms with E-state index in [4.69, 9.17) is 0 Å². The Balaban J connectivity index is 2.86. The quantitative estimate of drug-likeness (QED) is 0.586. The average Bonchev–Trinajstić information content (AvgIpc) is 2.04. The average molecular weight is 159 g/mol. The van der Waals surface area contributed by atoms with Crippen molar-refractivity contribution in [1.29, 1.82) is 0 Å². The Morgan fingerprint density at radius 2 is 1.92 bits per heavy atom. The van der Waals surface area contributed by atoms with Gasteiger partial charge in [0, 0.05) is 6.20 Å². The highest BCUT2D eigenvalue weighted by atomic mass is 14.9. The number of rotatable bonds is 0. The molecule has 0 aromatic carbocycles. The molecule has 0 unspecified atom stereocenters. The Hall–Kier alpha value is -1.51. The lowest BCUT2D eigenvalue weighted by Gasteiger charge is -1.98. The van der Waals surface area contributed by atoms with Gasteiger partial charge in [0.05, 0.1) is 11.2 Å². The van der Waals surface area contributed by atoms with Crippen LogP contribution in [0.25, 0.3) is 11.0 Å². The second-order valence-corrected chi connectivity index (χ2v) is 2.84. The zero-order chi connectivity index (χ0) is 8.55. The fourth-order valence-electron chi connectivity index (χ4n) is 1.17. The molecule has 0 amide bonds. The topological polar surface area (TPSA) is 38.7 Å². The predicted molar refractivity (Wildman–Crippen MR) is 46.8 cm³/mol. The van der Waals surface area contributed by atoms with Crippen LogP contribution < -0.4 is 0 Å². The third-order valence-corrected chi connectivity index (χ3v) is 1.80. The van der Waals surface area contributed by atoms with Gasteiger partial charge in [-0.05, 0) is 25.5 Å². The highest BCUT2D eigenvalue weighted by molar-refractivity contribution is 5.76. The molecule has 0 aliphatic carbocycles. The third kappa shape index (κ3) is 1.03. The molecular formula is C9H9N3. The molecule has 3 heteroatoms. The van der Waals surface area contributed by atoms with Gasteiger partial charge in [-0.2, -0.15) is 0 Å². The third-order valence-electron chi connectivity index (χ3n) is 1.80. The van der Waals surface area contributed by atoms with Gasteiger partial charge in [-0.25, -0.2) is 9.97 Å². The van der Waals surface area contributed by atoms with E-state index in [0.29, 0.717) is 0 Å². The molecular weight excluding hydrogens is 150 g/mol. The van der Waals surface area contributed by atoms with E-state index < -0.39 is 0 Å². The van der Waals surface area contributed by atoms with Gasteiger partial charge < -0.3 is 0 Å². The first-order valence-electron chi connectivity index (χ1n) is 3.81. The van der Waals surface area contributed by atoms with Gasteiger partial charge in [-0.3, -0.25) is 4.98 Å². The van der Waals surface area contributed by atoms with Crippen LogP contribution in [0.5, 0.6) is 0 Å². The largest absolute Gasteiger partial charge is 0.252 e. The summed E-state index contributed by atoms with van der Waals surface area (Å²) in [5.41, 5.74) is 3.87. The molecule has 0 atom stereocenters. The van der Waals surface area contributed by atoms with E-state index in [1.165, 1.54) is 0 Å². The van der Waals surface area contributed by atoms with Crippen molar-refractivity contribution < 1.29 is 0 Å². The van der Waals surface area contributed by atoms with Crippen LogP contribution in [0.1, 0.15) is 11.3 Å². The van der Waals surface area contributed by atoms with Crippen LogP contribution in [0, 0.1) is 13.8 Å². The van der Waals surface area contributed by atoms with E-state index in [1.54, 1.807) is 6.33 Å². The Morgan fingerprint density at radius 1 is 1.08 bits per heavy atom. The summed E-state index contributed by atoms with van der Waals surface area (Å²) in [5, 5.41) is 0. The van der Waals surface area contributed by atoms with Gasteiger partial charge in [0.2, 0.25) is 0 Å². The molecule has 0 saturated carbocycles. The highest BCUT2D eigenvalue weighted by Crippen LogP contribution is 2.11. The van der Waals surface area contributed by atoms with Crippen molar-refractivity contribution in [3.63, 3.8) is 0 Å². The summed E-state index contributed by atoms with van der Waals surface area (Å²) in [4.78, 5) is 12.4. The molecule has 2 aromatic heterocycles. The number of hydrogen-bond donors (Lipinski definition) is 0. The first kappa shape index (κ1) is 7.16. The van der Waals surface area contributed by atoms with E-state index in [1.807, 2.05) is 26.1 Å². The molecule has 0 spiro atoms. The zero-order valence-electron chi connectivity index (χ0n) is 7.07. The van der Waals surface area contributed by atoms with E-state index in [-0.39, 0.29) is 0 Å². The monoisotopic (exact) mass is 159 g/mol.